The largest absolute Gasteiger partial charge is 0.455 e. The smallest absolute Gasteiger partial charge is 0.344 e. The van der Waals surface area contributed by atoms with E-state index in [1.807, 2.05) is 12.1 Å². The van der Waals surface area contributed by atoms with Gasteiger partial charge >= 0.3 is 5.97 Å². The molecule has 0 bridgehead atoms. The van der Waals surface area contributed by atoms with Crippen LogP contribution < -0.4 is 0 Å². The van der Waals surface area contributed by atoms with Gasteiger partial charge in [0.15, 0.2) is 0 Å². The van der Waals surface area contributed by atoms with Crippen molar-refractivity contribution in [3.8, 4) is 10.7 Å². The third kappa shape index (κ3) is 3.40. The highest BCUT2D eigenvalue weighted by molar-refractivity contribution is 7.13. The molecule has 2 heterocycles. The Balaban J connectivity index is 1.70. The lowest BCUT2D eigenvalue weighted by molar-refractivity contribution is 0.0457. The van der Waals surface area contributed by atoms with Crippen LogP contribution >= 0.6 is 11.3 Å². The van der Waals surface area contributed by atoms with Crippen molar-refractivity contribution in [2.45, 2.75) is 6.61 Å². The Morgan fingerprint density at radius 1 is 1.13 bits per heavy atom. The molecule has 0 N–H and O–H groups in total. The number of pyridine rings is 1. The summed E-state index contributed by atoms with van der Waals surface area (Å²) in [5.74, 6) is -2.97. The van der Waals surface area contributed by atoms with Crippen LogP contribution in [0.2, 0.25) is 0 Å². The fourth-order valence-corrected chi connectivity index (χ4v) is 2.66. The van der Waals surface area contributed by atoms with E-state index in [2.05, 4.69) is 9.97 Å². The molecule has 0 spiro atoms. The van der Waals surface area contributed by atoms with Crippen molar-refractivity contribution in [3.05, 3.63) is 70.9 Å². The van der Waals surface area contributed by atoms with Gasteiger partial charge in [-0.05, 0) is 24.3 Å². The van der Waals surface area contributed by atoms with E-state index < -0.39 is 23.2 Å². The Labute approximate surface area is 134 Å². The first-order valence-corrected chi connectivity index (χ1v) is 7.50. The summed E-state index contributed by atoms with van der Waals surface area (Å²) in [6, 6.07) is 8.63. The highest BCUT2D eigenvalue weighted by atomic mass is 32.1. The minimum absolute atomic E-state index is 0.171. The number of thiazole rings is 1. The zero-order chi connectivity index (χ0) is 16.2. The number of carbonyl (C=O) groups is 1. The molecule has 0 radical (unpaired) electrons. The van der Waals surface area contributed by atoms with Crippen molar-refractivity contribution in [1.29, 1.82) is 0 Å². The molecule has 4 nitrogen and oxygen atoms in total. The van der Waals surface area contributed by atoms with E-state index in [1.54, 1.807) is 17.6 Å². The minimum Gasteiger partial charge on any atom is -0.455 e. The van der Waals surface area contributed by atoms with Crippen molar-refractivity contribution < 1.29 is 18.3 Å². The Kier molecular flexibility index (Phi) is 4.38. The van der Waals surface area contributed by atoms with Gasteiger partial charge in [-0.15, -0.1) is 11.3 Å². The molecule has 0 amide bonds. The minimum atomic E-state index is -1.06. The number of aromatic nitrogens is 2. The van der Waals surface area contributed by atoms with E-state index in [4.69, 9.17) is 4.74 Å². The van der Waals surface area contributed by atoms with E-state index in [-0.39, 0.29) is 6.61 Å². The summed E-state index contributed by atoms with van der Waals surface area (Å²) in [5.41, 5.74) is 0.489. The summed E-state index contributed by atoms with van der Waals surface area (Å²) in [5, 5.41) is 2.38. The predicted molar refractivity (Wildman–Crippen MR) is 80.8 cm³/mol. The van der Waals surface area contributed by atoms with Gasteiger partial charge in [-0.25, -0.2) is 18.6 Å². The summed E-state index contributed by atoms with van der Waals surface area (Å²) < 4.78 is 31.9. The zero-order valence-electron chi connectivity index (χ0n) is 11.7. The molecule has 2 aromatic heterocycles. The number of halogens is 2. The third-order valence-electron chi connectivity index (χ3n) is 2.95. The van der Waals surface area contributed by atoms with Gasteiger partial charge < -0.3 is 4.74 Å². The molecule has 0 aliphatic rings. The number of carbonyl (C=O) groups excluding carboxylic acids is 1. The molecular formula is C16H10F2N2O2S. The normalized spacial score (nSPS) is 10.5. The fourth-order valence-electron chi connectivity index (χ4n) is 1.88. The molecule has 116 valence electrons. The summed E-state index contributed by atoms with van der Waals surface area (Å²) in [7, 11) is 0. The first-order valence-electron chi connectivity index (χ1n) is 6.62. The van der Waals surface area contributed by atoms with Gasteiger partial charge in [-0.1, -0.05) is 12.1 Å². The third-order valence-corrected chi connectivity index (χ3v) is 3.87. The first-order chi connectivity index (χ1) is 11.1. The molecule has 7 heteroatoms. The van der Waals surface area contributed by atoms with Crippen LogP contribution in [0.25, 0.3) is 10.7 Å². The first kappa shape index (κ1) is 15.2. The van der Waals surface area contributed by atoms with Crippen LogP contribution in [0.15, 0.2) is 48.0 Å². The topological polar surface area (TPSA) is 52.1 Å². The lowest BCUT2D eigenvalue weighted by Crippen LogP contribution is -2.10. The second-order valence-corrected chi connectivity index (χ2v) is 5.39. The quantitative estimate of drug-likeness (QED) is 0.681. The van der Waals surface area contributed by atoms with Crippen LogP contribution in [0.5, 0.6) is 0 Å². The number of benzene rings is 1. The number of rotatable bonds is 4. The highest BCUT2D eigenvalue weighted by Crippen LogP contribution is 2.22. The van der Waals surface area contributed by atoms with Crippen molar-refractivity contribution >= 4 is 17.3 Å². The van der Waals surface area contributed by atoms with Gasteiger partial charge in [0.25, 0.3) is 0 Å². The molecule has 0 unspecified atom stereocenters. The summed E-state index contributed by atoms with van der Waals surface area (Å²) in [6.45, 7) is -0.171. The predicted octanol–water partition coefficient (Wildman–Crippen LogP) is 3.84. The average Bonchev–Trinajstić information content (AvgIpc) is 3.02. The average molecular weight is 332 g/mol. The molecule has 0 aliphatic heterocycles. The van der Waals surface area contributed by atoms with E-state index in [9.17, 15) is 13.6 Å². The summed E-state index contributed by atoms with van der Waals surface area (Å²) in [6.07, 6.45) is 1.65. The van der Waals surface area contributed by atoms with Crippen LogP contribution in [0.4, 0.5) is 8.78 Å². The monoisotopic (exact) mass is 332 g/mol. The van der Waals surface area contributed by atoms with E-state index >= 15 is 0 Å². The van der Waals surface area contributed by atoms with Crippen LogP contribution in [0, 0.1) is 11.6 Å². The van der Waals surface area contributed by atoms with E-state index in [0.29, 0.717) is 16.4 Å². The van der Waals surface area contributed by atoms with Gasteiger partial charge in [0, 0.05) is 11.6 Å². The van der Waals surface area contributed by atoms with Crippen LogP contribution in [-0.4, -0.2) is 15.9 Å². The second kappa shape index (κ2) is 6.62. The molecule has 3 aromatic rings. The molecule has 0 atom stereocenters. The molecule has 3 rings (SSSR count). The second-order valence-electron chi connectivity index (χ2n) is 4.53. The van der Waals surface area contributed by atoms with Crippen molar-refractivity contribution in [2.24, 2.45) is 0 Å². The number of nitrogens with zero attached hydrogens (tertiary/aromatic N) is 2. The molecule has 0 saturated carbocycles. The van der Waals surface area contributed by atoms with Crippen LogP contribution in [0.3, 0.4) is 0 Å². The molecule has 1 aromatic carbocycles. The molecular weight excluding hydrogens is 322 g/mol. The van der Waals surface area contributed by atoms with Gasteiger partial charge in [0.2, 0.25) is 0 Å². The van der Waals surface area contributed by atoms with Crippen molar-refractivity contribution in [2.75, 3.05) is 0 Å². The molecule has 0 saturated heterocycles. The standard InChI is InChI=1S/C16H10F2N2O2S/c17-11-4-3-5-12(18)14(11)16(21)22-8-10-9-23-15(20-10)13-6-1-2-7-19-13/h1-7,9H,8H2. The van der Waals surface area contributed by atoms with Crippen LogP contribution in [0.1, 0.15) is 16.1 Å². The zero-order valence-corrected chi connectivity index (χ0v) is 12.5. The Morgan fingerprint density at radius 3 is 2.61 bits per heavy atom. The highest BCUT2D eigenvalue weighted by Gasteiger charge is 2.19. The lowest BCUT2D eigenvalue weighted by atomic mass is 10.2. The molecule has 0 fully saturated rings. The number of esters is 1. The van der Waals surface area contributed by atoms with Gasteiger partial charge in [0.05, 0.1) is 11.4 Å². The fraction of sp³-hybridized carbons (Fsp3) is 0.0625. The SMILES string of the molecule is O=C(OCc1csc(-c2ccccn2)n1)c1c(F)cccc1F. The van der Waals surface area contributed by atoms with E-state index in [1.165, 1.54) is 17.4 Å². The van der Waals surface area contributed by atoms with Crippen LogP contribution in [-0.2, 0) is 11.3 Å². The van der Waals surface area contributed by atoms with Gasteiger partial charge in [-0.2, -0.15) is 0 Å². The Bertz CT molecular complexity index is 817. The Hall–Kier alpha value is -2.67. The number of ether oxygens (including phenoxy) is 1. The van der Waals surface area contributed by atoms with Gasteiger partial charge in [-0.3, -0.25) is 4.98 Å². The van der Waals surface area contributed by atoms with Crippen molar-refractivity contribution in [1.82, 2.24) is 9.97 Å². The van der Waals surface area contributed by atoms with E-state index in [0.717, 1.165) is 12.1 Å². The Morgan fingerprint density at radius 2 is 1.91 bits per heavy atom. The maximum absolute atomic E-state index is 13.5. The summed E-state index contributed by atoms with van der Waals surface area (Å²) >= 11 is 1.34. The van der Waals surface area contributed by atoms with Gasteiger partial charge in [0.1, 0.15) is 28.8 Å². The molecule has 0 aliphatic carbocycles. The maximum atomic E-state index is 13.5. The lowest BCUT2D eigenvalue weighted by Gasteiger charge is -2.05. The summed E-state index contributed by atoms with van der Waals surface area (Å²) in [4.78, 5) is 20.2. The van der Waals surface area contributed by atoms with Crippen molar-refractivity contribution in [3.63, 3.8) is 0 Å². The number of hydrogen-bond donors (Lipinski definition) is 0. The maximum Gasteiger partial charge on any atom is 0.344 e. The molecule has 23 heavy (non-hydrogen) atoms. The number of hydrogen-bond acceptors (Lipinski definition) is 5.